The van der Waals surface area contributed by atoms with Crippen molar-refractivity contribution in [1.29, 1.82) is 0 Å². The van der Waals surface area contributed by atoms with E-state index in [2.05, 4.69) is 10.3 Å². The summed E-state index contributed by atoms with van der Waals surface area (Å²) in [5.74, 6) is -0.108. The number of hydrogen-bond donors (Lipinski definition) is 2. The predicted molar refractivity (Wildman–Crippen MR) is 37.7 cm³/mol. The molecule has 1 aromatic heterocycles. The molecule has 0 saturated carbocycles. The normalized spacial score (nSPS) is 15.0. The third-order valence-corrected chi connectivity index (χ3v) is 2.22. The molecule has 0 unspecified atom stereocenters. The van der Waals surface area contributed by atoms with E-state index in [0.717, 1.165) is 4.88 Å². The Morgan fingerprint density at radius 1 is 1.70 bits per heavy atom. The molecule has 0 bridgehead atoms. The second-order valence-corrected chi connectivity index (χ2v) is 3.12. The molecule has 0 atom stereocenters. The minimum absolute atomic E-state index is 0.108. The number of carbonyl (C=O) groups excluding carboxylic acids is 1. The van der Waals surface area contributed by atoms with Gasteiger partial charge in [0.25, 0.3) is 5.91 Å². The van der Waals surface area contributed by atoms with Gasteiger partial charge in [-0.25, -0.2) is 4.98 Å². The zero-order valence-corrected chi connectivity index (χ0v) is 5.86. The van der Waals surface area contributed by atoms with E-state index in [4.69, 9.17) is 5.73 Å². The molecule has 0 saturated heterocycles. The van der Waals surface area contributed by atoms with Gasteiger partial charge in [-0.3, -0.25) is 4.79 Å². The monoisotopic (exact) mass is 155 g/mol. The van der Waals surface area contributed by atoms with E-state index in [1.54, 1.807) is 0 Å². The summed E-state index contributed by atoms with van der Waals surface area (Å²) in [7, 11) is 0. The predicted octanol–water partition coefficient (Wildman–Crippen LogP) is -0.0313. The van der Waals surface area contributed by atoms with Gasteiger partial charge < -0.3 is 11.1 Å². The molecule has 2 heterocycles. The first-order valence-electron chi connectivity index (χ1n) is 2.81. The highest BCUT2D eigenvalue weighted by Crippen LogP contribution is 2.23. The molecule has 5 heteroatoms. The van der Waals surface area contributed by atoms with Crippen LogP contribution < -0.4 is 11.1 Å². The van der Waals surface area contributed by atoms with Gasteiger partial charge in [-0.2, -0.15) is 0 Å². The van der Waals surface area contributed by atoms with Crippen LogP contribution in [0.15, 0.2) is 0 Å². The Morgan fingerprint density at radius 3 is 3.20 bits per heavy atom. The molecular formula is C5H5N3OS. The molecule has 10 heavy (non-hydrogen) atoms. The van der Waals surface area contributed by atoms with Crippen LogP contribution in [0, 0.1) is 0 Å². The number of aromatic nitrogens is 1. The third-order valence-electron chi connectivity index (χ3n) is 1.34. The van der Waals surface area contributed by atoms with Gasteiger partial charge in [0.15, 0.2) is 5.13 Å². The highest BCUT2D eigenvalue weighted by atomic mass is 32.1. The first kappa shape index (κ1) is 5.67. The molecule has 2 rings (SSSR count). The first-order valence-corrected chi connectivity index (χ1v) is 3.62. The lowest BCUT2D eigenvalue weighted by Crippen LogP contribution is -2.13. The molecule has 1 aliphatic heterocycles. The fourth-order valence-electron chi connectivity index (χ4n) is 0.911. The van der Waals surface area contributed by atoms with Crippen molar-refractivity contribution in [2.24, 2.45) is 0 Å². The van der Waals surface area contributed by atoms with Crippen molar-refractivity contribution in [2.75, 3.05) is 5.73 Å². The van der Waals surface area contributed by atoms with Crippen LogP contribution in [0.1, 0.15) is 15.4 Å². The minimum atomic E-state index is -0.108. The second kappa shape index (κ2) is 1.69. The molecule has 1 aromatic rings. The summed E-state index contributed by atoms with van der Waals surface area (Å²) in [6.07, 6.45) is 0. The largest absolute Gasteiger partial charge is 0.375 e. The number of amides is 1. The van der Waals surface area contributed by atoms with Gasteiger partial charge in [-0.15, -0.1) is 0 Å². The lowest BCUT2D eigenvalue weighted by atomic mass is 10.4. The molecule has 0 spiro atoms. The van der Waals surface area contributed by atoms with Crippen LogP contribution in [-0.2, 0) is 6.54 Å². The van der Waals surface area contributed by atoms with Gasteiger partial charge in [0.1, 0.15) is 5.69 Å². The molecule has 0 radical (unpaired) electrons. The van der Waals surface area contributed by atoms with Gasteiger partial charge in [-0.05, 0) is 0 Å². The molecule has 0 aliphatic carbocycles. The highest BCUT2D eigenvalue weighted by Gasteiger charge is 2.22. The SMILES string of the molecule is Nc1nc2c(s1)CNC2=O. The Hall–Kier alpha value is -1.10. The van der Waals surface area contributed by atoms with Crippen LogP contribution in [0.4, 0.5) is 5.13 Å². The quantitative estimate of drug-likeness (QED) is 0.552. The maximum absolute atomic E-state index is 10.9. The number of rotatable bonds is 0. The molecule has 0 aromatic carbocycles. The molecule has 3 N–H and O–H groups in total. The van der Waals surface area contributed by atoms with E-state index >= 15 is 0 Å². The second-order valence-electron chi connectivity index (χ2n) is 2.01. The van der Waals surface area contributed by atoms with E-state index in [0.29, 0.717) is 17.4 Å². The van der Waals surface area contributed by atoms with Crippen molar-refractivity contribution < 1.29 is 4.79 Å². The van der Waals surface area contributed by atoms with E-state index in [9.17, 15) is 4.79 Å². The summed E-state index contributed by atoms with van der Waals surface area (Å²) in [5, 5.41) is 3.12. The molecule has 52 valence electrons. The maximum atomic E-state index is 10.9. The number of fused-ring (bicyclic) bond motifs is 1. The number of anilines is 1. The topological polar surface area (TPSA) is 68.0 Å². The number of carbonyl (C=O) groups is 1. The maximum Gasteiger partial charge on any atom is 0.271 e. The third kappa shape index (κ3) is 0.607. The fourth-order valence-corrected chi connectivity index (χ4v) is 1.68. The molecule has 1 aliphatic rings. The van der Waals surface area contributed by atoms with Gasteiger partial charge in [0, 0.05) is 0 Å². The van der Waals surface area contributed by atoms with Gasteiger partial charge in [-0.1, -0.05) is 11.3 Å². The van der Waals surface area contributed by atoms with Crippen molar-refractivity contribution in [3.05, 3.63) is 10.6 Å². The Bertz CT molecular complexity index is 293. The van der Waals surface area contributed by atoms with Crippen molar-refractivity contribution in [1.82, 2.24) is 10.3 Å². The highest BCUT2D eigenvalue weighted by molar-refractivity contribution is 7.15. The summed E-state index contributed by atoms with van der Waals surface area (Å²) in [6, 6.07) is 0. The van der Waals surface area contributed by atoms with Gasteiger partial charge in [0.05, 0.1) is 11.4 Å². The standard InChI is InChI=1S/C5H5N3OS/c6-5-8-3-2(10-5)1-7-4(3)9/h1H2,(H2,6,8)(H,7,9). The van der Waals surface area contributed by atoms with E-state index < -0.39 is 0 Å². The number of nitrogen functional groups attached to an aromatic ring is 1. The summed E-state index contributed by atoms with van der Waals surface area (Å²) in [5.41, 5.74) is 5.88. The average Bonchev–Trinajstić information content (AvgIpc) is 2.35. The van der Waals surface area contributed by atoms with Gasteiger partial charge >= 0.3 is 0 Å². The van der Waals surface area contributed by atoms with Gasteiger partial charge in [0.2, 0.25) is 0 Å². The zero-order valence-electron chi connectivity index (χ0n) is 5.05. The first-order chi connectivity index (χ1) is 4.77. The Balaban J connectivity index is 2.59. The fraction of sp³-hybridized carbons (Fsp3) is 0.200. The minimum Gasteiger partial charge on any atom is -0.375 e. The van der Waals surface area contributed by atoms with E-state index in [1.165, 1.54) is 11.3 Å². The number of hydrogen-bond acceptors (Lipinski definition) is 4. The smallest absolute Gasteiger partial charge is 0.271 e. The number of nitrogens with one attached hydrogen (secondary N) is 1. The van der Waals surface area contributed by atoms with E-state index in [1.807, 2.05) is 0 Å². The summed E-state index contributed by atoms with van der Waals surface area (Å²) < 4.78 is 0. The lowest BCUT2D eigenvalue weighted by molar-refractivity contribution is 0.0961. The Kier molecular flexibility index (Phi) is 0.960. The van der Waals surface area contributed by atoms with Crippen LogP contribution in [0.5, 0.6) is 0 Å². The summed E-state index contributed by atoms with van der Waals surface area (Å²) in [6.45, 7) is 0.586. The Morgan fingerprint density at radius 2 is 2.50 bits per heavy atom. The lowest BCUT2D eigenvalue weighted by Gasteiger charge is -1.86. The van der Waals surface area contributed by atoms with Crippen LogP contribution in [-0.4, -0.2) is 10.9 Å². The molecule has 0 fully saturated rings. The molecule has 4 nitrogen and oxygen atoms in total. The van der Waals surface area contributed by atoms with Crippen molar-refractivity contribution in [2.45, 2.75) is 6.54 Å². The van der Waals surface area contributed by atoms with Crippen LogP contribution >= 0.6 is 11.3 Å². The van der Waals surface area contributed by atoms with Crippen LogP contribution in [0.25, 0.3) is 0 Å². The number of thiazole rings is 1. The Labute approximate surface area is 61.1 Å². The summed E-state index contributed by atoms with van der Waals surface area (Å²) in [4.78, 5) is 15.7. The number of nitrogens with zero attached hydrogens (tertiary/aromatic N) is 1. The van der Waals surface area contributed by atoms with E-state index in [-0.39, 0.29) is 5.91 Å². The number of nitrogens with two attached hydrogens (primary N) is 1. The average molecular weight is 155 g/mol. The molecular weight excluding hydrogens is 150 g/mol. The molecule has 1 amide bonds. The van der Waals surface area contributed by atoms with Crippen molar-refractivity contribution in [3.63, 3.8) is 0 Å². The van der Waals surface area contributed by atoms with Crippen LogP contribution in [0.2, 0.25) is 0 Å². The van der Waals surface area contributed by atoms with Crippen LogP contribution in [0.3, 0.4) is 0 Å². The summed E-state index contributed by atoms with van der Waals surface area (Å²) >= 11 is 1.36. The zero-order chi connectivity index (χ0) is 7.14. The van der Waals surface area contributed by atoms with Crippen molar-refractivity contribution >= 4 is 22.4 Å². The van der Waals surface area contributed by atoms with Crippen molar-refractivity contribution in [3.8, 4) is 0 Å².